The van der Waals surface area contributed by atoms with E-state index in [1.54, 1.807) is 25.3 Å². The van der Waals surface area contributed by atoms with E-state index < -0.39 is 20.3 Å². The number of nitro benzene ring substituents is 1. The van der Waals surface area contributed by atoms with Gasteiger partial charge in [-0.2, -0.15) is 4.31 Å². The van der Waals surface area contributed by atoms with E-state index in [4.69, 9.17) is 9.47 Å². The monoisotopic (exact) mass is 410 g/mol. The highest BCUT2D eigenvalue weighted by Gasteiger charge is 2.38. The number of rotatable bonds is 6. The number of hydrogen-bond acceptors (Lipinski definition) is 7. The average Bonchev–Trinajstić information content (AvgIpc) is 3.18. The van der Waals surface area contributed by atoms with Crippen LogP contribution in [0.5, 0.6) is 11.5 Å². The number of non-ortho nitro benzene ring substituents is 1. The summed E-state index contributed by atoms with van der Waals surface area (Å²) in [6, 6.07) is 10.2. The molecule has 0 radical (unpaired) electrons. The molecule has 0 unspecified atom stereocenters. The molecule has 1 aliphatic rings. The topological polar surface area (TPSA) is 99.0 Å². The van der Waals surface area contributed by atoms with Gasteiger partial charge in [-0.1, -0.05) is 0 Å². The maximum Gasteiger partial charge on any atom is 0.269 e. The van der Waals surface area contributed by atoms with Crippen molar-refractivity contribution in [2.45, 2.75) is 10.3 Å². The quantitative estimate of drug-likeness (QED) is 0.533. The van der Waals surface area contributed by atoms with Crippen LogP contribution in [0.15, 0.2) is 47.4 Å². The first-order valence-corrected chi connectivity index (χ1v) is 10.5. The van der Waals surface area contributed by atoms with Crippen LogP contribution < -0.4 is 9.47 Å². The van der Waals surface area contributed by atoms with Crippen molar-refractivity contribution in [3.05, 3.63) is 58.1 Å². The Morgan fingerprint density at radius 1 is 1.15 bits per heavy atom. The molecule has 2 aromatic rings. The Balaban J connectivity index is 1.99. The molecule has 1 saturated heterocycles. The van der Waals surface area contributed by atoms with Crippen LogP contribution in [0.25, 0.3) is 0 Å². The standard InChI is InChI=1S/C17H18N2O6S2/c1-24-13-5-8-16(25-2)15(11-13)17-18(9-10-26-17)27(22,23)14-6-3-12(4-7-14)19(20)21/h3-8,11,17H,9-10H2,1-2H3/t17-/m0/s1. The Bertz CT molecular complexity index is 946. The maximum absolute atomic E-state index is 13.1. The summed E-state index contributed by atoms with van der Waals surface area (Å²) in [5.74, 6) is 1.79. The molecule has 27 heavy (non-hydrogen) atoms. The van der Waals surface area contributed by atoms with E-state index >= 15 is 0 Å². The van der Waals surface area contributed by atoms with Crippen molar-refractivity contribution in [2.24, 2.45) is 0 Å². The van der Waals surface area contributed by atoms with Crippen molar-refractivity contribution in [3.63, 3.8) is 0 Å². The van der Waals surface area contributed by atoms with E-state index in [1.807, 2.05) is 0 Å². The molecule has 0 bridgehead atoms. The van der Waals surface area contributed by atoms with Crippen molar-refractivity contribution >= 4 is 27.5 Å². The summed E-state index contributed by atoms with van der Waals surface area (Å²) >= 11 is 1.48. The zero-order valence-electron chi connectivity index (χ0n) is 14.7. The van der Waals surface area contributed by atoms with Crippen molar-refractivity contribution < 1.29 is 22.8 Å². The molecule has 0 amide bonds. The van der Waals surface area contributed by atoms with Crippen LogP contribution in [0.4, 0.5) is 5.69 Å². The van der Waals surface area contributed by atoms with E-state index in [-0.39, 0.29) is 10.6 Å². The number of benzene rings is 2. The number of nitrogens with zero attached hydrogens (tertiary/aromatic N) is 2. The molecule has 0 saturated carbocycles. The fourth-order valence-corrected chi connectivity index (χ4v) is 6.10. The minimum Gasteiger partial charge on any atom is -0.497 e. The van der Waals surface area contributed by atoms with Gasteiger partial charge in [0.15, 0.2) is 0 Å². The average molecular weight is 410 g/mol. The lowest BCUT2D eigenvalue weighted by Gasteiger charge is -2.25. The van der Waals surface area contributed by atoms with Gasteiger partial charge in [0.2, 0.25) is 10.0 Å². The van der Waals surface area contributed by atoms with Crippen LogP contribution in [0, 0.1) is 10.1 Å². The van der Waals surface area contributed by atoms with Gasteiger partial charge in [-0.05, 0) is 30.3 Å². The zero-order valence-corrected chi connectivity index (χ0v) is 16.3. The van der Waals surface area contributed by atoms with Gasteiger partial charge in [-0.3, -0.25) is 10.1 Å². The number of nitro groups is 1. The number of methoxy groups -OCH3 is 2. The highest BCUT2D eigenvalue weighted by Crippen LogP contribution is 2.45. The van der Waals surface area contributed by atoms with Crippen LogP contribution in [-0.4, -0.2) is 44.2 Å². The minimum absolute atomic E-state index is 0.0162. The molecule has 0 aromatic heterocycles. The normalized spacial score (nSPS) is 17.6. The molecule has 10 heteroatoms. The van der Waals surface area contributed by atoms with Gasteiger partial charge in [0.25, 0.3) is 5.69 Å². The summed E-state index contributed by atoms with van der Waals surface area (Å²) in [7, 11) is -0.761. The SMILES string of the molecule is COc1ccc(OC)c([C@@H]2SCCN2S(=O)(=O)c2ccc([N+](=O)[O-])cc2)c1. The lowest BCUT2D eigenvalue weighted by Crippen LogP contribution is -2.30. The second-order valence-corrected chi connectivity index (χ2v) is 8.78. The predicted octanol–water partition coefficient (Wildman–Crippen LogP) is 3.05. The van der Waals surface area contributed by atoms with Gasteiger partial charge in [0, 0.05) is 30.0 Å². The summed E-state index contributed by atoms with van der Waals surface area (Å²) in [5.41, 5.74) is 0.542. The molecule has 1 atom stereocenters. The Labute approximate surface area is 161 Å². The second-order valence-electron chi connectivity index (χ2n) is 5.70. The first kappa shape index (κ1) is 19.5. The van der Waals surface area contributed by atoms with E-state index in [2.05, 4.69) is 0 Å². The summed E-state index contributed by atoms with van der Waals surface area (Å²) in [6.45, 7) is 0.328. The summed E-state index contributed by atoms with van der Waals surface area (Å²) < 4.78 is 38.3. The van der Waals surface area contributed by atoms with Gasteiger partial charge in [0.1, 0.15) is 11.5 Å². The van der Waals surface area contributed by atoms with Crippen LogP contribution >= 0.6 is 11.8 Å². The number of hydrogen-bond donors (Lipinski definition) is 0. The van der Waals surface area contributed by atoms with Crippen molar-refractivity contribution in [1.29, 1.82) is 0 Å². The lowest BCUT2D eigenvalue weighted by molar-refractivity contribution is -0.384. The first-order chi connectivity index (χ1) is 12.9. The van der Waals surface area contributed by atoms with Gasteiger partial charge in [0.05, 0.1) is 29.4 Å². The molecule has 0 spiro atoms. The highest BCUT2D eigenvalue weighted by molar-refractivity contribution is 8.01. The summed E-state index contributed by atoms with van der Waals surface area (Å²) in [4.78, 5) is 10.3. The summed E-state index contributed by atoms with van der Waals surface area (Å²) in [6.07, 6.45) is 0. The predicted molar refractivity (Wildman–Crippen MR) is 102 cm³/mol. The molecule has 8 nitrogen and oxygen atoms in total. The van der Waals surface area contributed by atoms with Gasteiger partial charge < -0.3 is 9.47 Å². The van der Waals surface area contributed by atoms with Crippen LogP contribution in [0.2, 0.25) is 0 Å². The van der Waals surface area contributed by atoms with E-state index in [0.717, 1.165) is 0 Å². The minimum atomic E-state index is -3.83. The molecule has 0 aliphatic carbocycles. The third kappa shape index (κ3) is 3.73. The third-order valence-corrected chi connectivity index (χ3v) is 7.46. The molecule has 144 valence electrons. The fraction of sp³-hybridized carbons (Fsp3) is 0.294. The molecular formula is C17H18N2O6S2. The molecule has 3 rings (SSSR count). The molecule has 2 aromatic carbocycles. The van der Waals surface area contributed by atoms with Crippen LogP contribution in [0.3, 0.4) is 0 Å². The van der Waals surface area contributed by atoms with Crippen molar-refractivity contribution in [2.75, 3.05) is 26.5 Å². The lowest BCUT2D eigenvalue weighted by atomic mass is 10.2. The van der Waals surface area contributed by atoms with E-state index in [1.165, 1.54) is 47.4 Å². The highest BCUT2D eigenvalue weighted by atomic mass is 32.2. The maximum atomic E-state index is 13.1. The molecule has 1 fully saturated rings. The van der Waals surface area contributed by atoms with Crippen LogP contribution in [-0.2, 0) is 10.0 Å². The van der Waals surface area contributed by atoms with Gasteiger partial charge >= 0.3 is 0 Å². The number of sulfonamides is 1. The van der Waals surface area contributed by atoms with Gasteiger partial charge in [-0.25, -0.2) is 8.42 Å². The number of ether oxygens (including phenoxy) is 2. The van der Waals surface area contributed by atoms with E-state index in [0.29, 0.717) is 29.4 Å². The second kappa shape index (κ2) is 7.75. The first-order valence-electron chi connectivity index (χ1n) is 7.98. The molecule has 0 N–H and O–H groups in total. The third-order valence-electron chi connectivity index (χ3n) is 4.21. The Kier molecular flexibility index (Phi) is 5.59. The van der Waals surface area contributed by atoms with Crippen LogP contribution in [0.1, 0.15) is 10.9 Å². The zero-order chi connectivity index (χ0) is 19.6. The Morgan fingerprint density at radius 2 is 1.85 bits per heavy atom. The smallest absolute Gasteiger partial charge is 0.269 e. The Morgan fingerprint density at radius 3 is 2.44 bits per heavy atom. The van der Waals surface area contributed by atoms with Crippen molar-refractivity contribution in [3.8, 4) is 11.5 Å². The largest absolute Gasteiger partial charge is 0.497 e. The molecule has 1 heterocycles. The number of thioether (sulfide) groups is 1. The Hall–Kier alpha value is -2.30. The molecular weight excluding hydrogens is 392 g/mol. The summed E-state index contributed by atoms with van der Waals surface area (Å²) in [5, 5.41) is 10.3. The molecule has 1 aliphatic heterocycles. The van der Waals surface area contributed by atoms with E-state index in [9.17, 15) is 18.5 Å². The van der Waals surface area contributed by atoms with Gasteiger partial charge in [-0.15, -0.1) is 11.8 Å². The van der Waals surface area contributed by atoms with Crippen molar-refractivity contribution in [1.82, 2.24) is 4.31 Å². The fourth-order valence-electron chi connectivity index (χ4n) is 2.85.